The molecule has 8 heteroatoms. The van der Waals surface area contributed by atoms with Gasteiger partial charge in [0.1, 0.15) is 5.69 Å². The van der Waals surface area contributed by atoms with Crippen LogP contribution in [0.3, 0.4) is 0 Å². The first-order chi connectivity index (χ1) is 13.1. The highest BCUT2D eigenvalue weighted by molar-refractivity contribution is 5.78. The molecule has 1 aliphatic rings. The molecule has 0 radical (unpaired) electrons. The number of anilines is 1. The highest BCUT2D eigenvalue weighted by Crippen LogP contribution is 2.33. The van der Waals surface area contributed by atoms with Gasteiger partial charge in [0.25, 0.3) is 0 Å². The fraction of sp³-hybridized carbons (Fsp3) is 0.368. The van der Waals surface area contributed by atoms with Crippen LogP contribution >= 0.6 is 0 Å². The molecule has 0 spiro atoms. The Kier molecular flexibility index (Phi) is 4.62. The normalized spacial score (nSPS) is 14.1. The summed E-state index contributed by atoms with van der Waals surface area (Å²) >= 11 is 0. The van der Waals surface area contributed by atoms with E-state index in [2.05, 4.69) is 20.4 Å². The smallest absolute Gasteiger partial charge is 0.223 e. The predicted molar refractivity (Wildman–Crippen MR) is 99.0 cm³/mol. The van der Waals surface area contributed by atoms with Crippen molar-refractivity contribution in [1.82, 2.24) is 20.0 Å². The zero-order valence-corrected chi connectivity index (χ0v) is 15.4. The predicted octanol–water partition coefficient (Wildman–Crippen LogP) is 3.04. The molecule has 0 unspecified atom stereocenters. The first-order valence-corrected chi connectivity index (χ1v) is 8.99. The summed E-state index contributed by atoms with van der Waals surface area (Å²) in [4.78, 5) is 22.6. The summed E-state index contributed by atoms with van der Waals surface area (Å²) in [6.45, 7) is 5.89. The van der Waals surface area contributed by atoms with Crippen LogP contribution in [0, 0.1) is 13.8 Å². The van der Waals surface area contributed by atoms with Gasteiger partial charge in [-0.05, 0) is 32.4 Å². The second kappa shape index (κ2) is 7.22. The van der Waals surface area contributed by atoms with Crippen LogP contribution < -0.4 is 5.32 Å². The second-order valence-corrected chi connectivity index (χ2v) is 6.57. The molecule has 1 fully saturated rings. The van der Waals surface area contributed by atoms with E-state index in [0.29, 0.717) is 42.7 Å². The molecular formula is C19H21N5O3. The Bertz CT molecular complexity index is 948. The summed E-state index contributed by atoms with van der Waals surface area (Å²) in [7, 11) is 0. The summed E-state index contributed by atoms with van der Waals surface area (Å²) in [6, 6.07) is 3.66. The number of nitrogens with one attached hydrogen (secondary N) is 1. The quantitative estimate of drug-likeness (QED) is 0.715. The average molecular weight is 367 g/mol. The van der Waals surface area contributed by atoms with Gasteiger partial charge in [0.2, 0.25) is 11.9 Å². The van der Waals surface area contributed by atoms with E-state index in [1.54, 1.807) is 12.5 Å². The van der Waals surface area contributed by atoms with Crippen LogP contribution in [-0.4, -0.2) is 45.6 Å². The fourth-order valence-corrected chi connectivity index (χ4v) is 3.14. The molecule has 0 bridgehead atoms. The molecule has 27 heavy (non-hydrogen) atoms. The molecule has 0 aliphatic carbocycles. The topological polar surface area (TPSA) is 97.3 Å². The number of amides is 1. The largest absolute Gasteiger partial charge is 0.463 e. The van der Waals surface area contributed by atoms with Gasteiger partial charge in [0.15, 0.2) is 11.5 Å². The van der Waals surface area contributed by atoms with E-state index in [9.17, 15) is 4.79 Å². The van der Waals surface area contributed by atoms with Gasteiger partial charge in [0, 0.05) is 37.8 Å². The molecule has 1 N–H and O–H groups in total. The van der Waals surface area contributed by atoms with Gasteiger partial charge < -0.3 is 19.2 Å². The van der Waals surface area contributed by atoms with Gasteiger partial charge >= 0.3 is 0 Å². The van der Waals surface area contributed by atoms with Crippen molar-refractivity contribution < 1.29 is 13.7 Å². The number of aromatic nitrogens is 3. The van der Waals surface area contributed by atoms with Crippen molar-refractivity contribution in [2.45, 2.75) is 26.7 Å². The van der Waals surface area contributed by atoms with Crippen LogP contribution in [0.4, 0.5) is 5.95 Å². The molecule has 1 amide bonds. The molecule has 3 aromatic heterocycles. The lowest BCUT2D eigenvalue weighted by atomic mass is 10.1. The maximum absolute atomic E-state index is 11.7. The Labute approximate surface area is 156 Å². The third-order valence-electron chi connectivity index (χ3n) is 4.78. The SMILES string of the molecule is Cc1noc(-c2cnc(NCCN3CCCC3=O)nc2-c2ccco2)c1C. The third-order valence-corrected chi connectivity index (χ3v) is 4.78. The molecule has 3 aromatic rings. The molecule has 0 saturated carbocycles. The standard InChI is InChI=1S/C19H21N5O3/c1-12-13(2)23-27-18(12)14-11-21-19(22-17(14)15-5-4-10-26-15)20-7-9-24-8-3-6-16(24)25/h4-5,10-11H,3,6-9H2,1-2H3,(H,20,21,22). The van der Waals surface area contributed by atoms with Crippen molar-refractivity contribution in [2.75, 3.05) is 25.0 Å². The number of hydrogen-bond acceptors (Lipinski definition) is 7. The summed E-state index contributed by atoms with van der Waals surface area (Å²) in [5.74, 6) is 1.94. The van der Waals surface area contributed by atoms with Crippen LogP contribution in [-0.2, 0) is 4.79 Å². The van der Waals surface area contributed by atoms with E-state index in [1.165, 1.54) is 0 Å². The Morgan fingerprint density at radius 1 is 1.33 bits per heavy atom. The second-order valence-electron chi connectivity index (χ2n) is 6.57. The van der Waals surface area contributed by atoms with E-state index in [0.717, 1.165) is 29.8 Å². The van der Waals surface area contributed by atoms with Crippen molar-refractivity contribution in [1.29, 1.82) is 0 Å². The molecular weight excluding hydrogens is 346 g/mol. The zero-order valence-electron chi connectivity index (χ0n) is 15.4. The number of likely N-dealkylation sites (tertiary alicyclic amines) is 1. The van der Waals surface area contributed by atoms with E-state index in [1.807, 2.05) is 30.9 Å². The van der Waals surface area contributed by atoms with Crippen LogP contribution in [0.5, 0.6) is 0 Å². The molecule has 1 saturated heterocycles. The summed E-state index contributed by atoms with van der Waals surface area (Å²) in [5, 5.41) is 7.21. The number of rotatable bonds is 6. The maximum Gasteiger partial charge on any atom is 0.223 e. The minimum Gasteiger partial charge on any atom is -0.463 e. The van der Waals surface area contributed by atoms with Gasteiger partial charge in [-0.3, -0.25) is 4.79 Å². The monoisotopic (exact) mass is 367 g/mol. The first-order valence-electron chi connectivity index (χ1n) is 8.99. The fourth-order valence-electron chi connectivity index (χ4n) is 3.14. The first kappa shape index (κ1) is 17.3. The van der Waals surface area contributed by atoms with Crippen molar-refractivity contribution >= 4 is 11.9 Å². The third kappa shape index (κ3) is 3.42. The van der Waals surface area contributed by atoms with Crippen molar-refractivity contribution in [2.24, 2.45) is 0 Å². The van der Waals surface area contributed by atoms with Gasteiger partial charge in [-0.1, -0.05) is 5.16 Å². The molecule has 140 valence electrons. The van der Waals surface area contributed by atoms with Crippen LogP contribution in [0.15, 0.2) is 33.5 Å². The van der Waals surface area contributed by atoms with Crippen LogP contribution in [0.25, 0.3) is 22.8 Å². The zero-order chi connectivity index (χ0) is 18.8. The van der Waals surface area contributed by atoms with Gasteiger partial charge in [-0.2, -0.15) is 0 Å². The van der Waals surface area contributed by atoms with E-state index in [4.69, 9.17) is 8.94 Å². The maximum atomic E-state index is 11.7. The molecule has 0 aromatic carbocycles. The molecule has 4 heterocycles. The number of carbonyl (C=O) groups is 1. The van der Waals surface area contributed by atoms with Crippen molar-refractivity contribution in [3.63, 3.8) is 0 Å². The van der Waals surface area contributed by atoms with E-state index >= 15 is 0 Å². The van der Waals surface area contributed by atoms with Gasteiger partial charge in [-0.25, -0.2) is 9.97 Å². The van der Waals surface area contributed by atoms with E-state index in [-0.39, 0.29) is 5.91 Å². The number of carbonyl (C=O) groups excluding carboxylic acids is 1. The number of aryl methyl sites for hydroxylation is 1. The van der Waals surface area contributed by atoms with Gasteiger partial charge in [-0.15, -0.1) is 0 Å². The highest BCUT2D eigenvalue weighted by Gasteiger charge is 2.21. The molecule has 4 rings (SSSR count). The Hall–Kier alpha value is -3.16. The van der Waals surface area contributed by atoms with Crippen molar-refractivity contribution in [3.8, 4) is 22.8 Å². The minimum atomic E-state index is 0.209. The number of hydrogen-bond donors (Lipinski definition) is 1. The molecule has 0 atom stereocenters. The Morgan fingerprint density at radius 3 is 2.89 bits per heavy atom. The highest BCUT2D eigenvalue weighted by atomic mass is 16.5. The number of nitrogens with zero attached hydrogens (tertiary/aromatic N) is 4. The molecule has 8 nitrogen and oxygen atoms in total. The average Bonchev–Trinajstić information content (AvgIpc) is 3.40. The Balaban J connectivity index is 1.58. The molecule has 1 aliphatic heterocycles. The lowest BCUT2D eigenvalue weighted by Gasteiger charge is -2.16. The summed E-state index contributed by atoms with van der Waals surface area (Å²) in [5.41, 5.74) is 3.13. The lowest BCUT2D eigenvalue weighted by molar-refractivity contribution is -0.127. The Morgan fingerprint density at radius 2 is 2.22 bits per heavy atom. The number of furan rings is 1. The van der Waals surface area contributed by atoms with Gasteiger partial charge in [0.05, 0.1) is 17.5 Å². The van der Waals surface area contributed by atoms with E-state index < -0.39 is 0 Å². The van der Waals surface area contributed by atoms with Crippen LogP contribution in [0.2, 0.25) is 0 Å². The lowest BCUT2D eigenvalue weighted by Crippen LogP contribution is -2.30. The van der Waals surface area contributed by atoms with Crippen molar-refractivity contribution in [3.05, 3.63) is 35.9 Å². The van der Waals surface area contributed by atoms with Crippen LogP contribution in [0.1, 0.15) is 24.1 Å². The summed E-state index contributed by atoms with van der Waals surface area (Å²) in [6.07, 6.45) is 4.89. The summed E-state index contributed by atoms with van der Waals surface area (Å²) < 4.78 is 11.0. The minimum absolute atomic E-state index is 0.209.